The maximum absolute atomic E-state index is 8.62. The molecule has 2 heteroatoms. The summed E-state index contributed by atoms with van der Waals surface area (Å²) in [5, 5.41) is 9.19. The van der Waals surface area contributed by atoms with Gasteiger partial charge < -0.3 is 5.11 Å². The topological polar surface area (TPSA) is 20.2 Å². The third-order valence-corrected chi connectivity index (χ3v) is 1.42. The summed E-state index contributed by atoms with van der Waals surface area (Å²) < 4.78 is 0. The van der Waals surface area contributed by atoms with Crippen LogP contribution < -0.4 is 0 Å². The van der Waals surface area contributed by atoms with Gasteiger partial charge in [-0.2, -0.15) is 0 Å². The molecular formula is C7H6ClO. The van der Waals surface area contributed by atoms with E-state index < -0.39 is 0 Å². The molecule has 0 bridgehead atoms. The molecule has 1 N–H and O–H groups in total. The fraction of sp³-hybridized carbons (Fsp3) is 0.143. The minimum atomic E-state index is -0.00644. The first-order chi connectivity index (χ1) is 4.34. The molecule has 47 valence electrons. The zero-order valence-electron chi connectivity index (χ0n) is 4.76. The van der Waals surface area contributed by atoms with Crippen molar-refractivity contribution >= 4 is 11.6 Å². The van der Waals surface area contributed by atoms with Crippen LogP contribution in [0.2, 0.25) is 5.02 Å². The molecule has 1 aromatic carbocycles. The van der Waals surface area contributed by atoms with Crippen LogP contribution in [0.15, 0.2) is 18.2 Å². The van der Waals surface area contributed by atoms with Crippen molar-refractivity contribution in [2.75, 3.05) is 0 Å². The normalized spacial score (nSPS) is 9.56. The number of hydrogen-bond donors (Lipinski definition) is 1. The second kappa shape index (κ2) is 2.85. The number of rotatable bonds is 1. The molecule has 0 saturated heterocycles. The van der Waals surface area contributed by atoms with E-state index in [4.69, 9.17) is 16.7 Å². The third kappa shape index (κ3) is 1.44. The summed E-state index contributed by atoms with van der Waals surface area (Å²) in [6.45, 7) is -0.00644. The van der Waals surface area contributed by atoms with Gasteiger partial charge in [-0.25, -0.2) is 0 Å². The zero-order valence-corrected chi connectivity index (χ0v) is 5.52. The summed E-state index contributed by atoms with van der Waals surface area (Å²) in [4.78, 5) is 0. The molecule has 0 aromatic heterocycles. The van der Waals surface area contributed by atoms with E-state index in [-0.39, 0.29) is 6.61 Å². The third-order valence-electron chi connectivity index (χ3n) is 1.07. The maximum Gasteiger partial charge on any atom is 0.0696 e. The van der Waals surface area contributed by atoms with Crippen molar-refractivity contribution in [1.29, 1.82) is 0 Å². The number of hydrogen-bond acceptors (Lipinski definition) is 1. The zero-order chi connectivity index (χ0) is 6.69. The second-order valence-electron chi connectivity index (χ2n) is 1.68. The predicted octanol–water partition coefficient (Wildman–Crippen LogP) is 1.63. The molecule has 1 rings (SSSR count). The Morgan fingerprint density at radius 1 is 1.67 bits per heavy atom. The predicted molar refractivity (Wildman–Crippen MR) is 36.2 cm³/mol. The number of aliphatic hydroxyl groups is 1. The summed E-state index contributed by atoms with van der Waals surface area (Å²) in [7, 11) is 0. The van der Waals surface area contributed by atoms with Crippen molar-refractivity contribution in [3.8, 4) is 0 Å². The summed E-state index contributed by atoms with van der Waals surface area (Å²) in [6.07, 6.45) is 0. The average molecular weight is 142 g/mol. The highest BCUT2D eigenvalue weighted by molar-refractivity contribution is 6.31. The van der Waals surface area contributed by atoms with Crippen LogP contribution in [0, 0.1) is 6.07 Å². The molecule has 9 heavy (non-hydrogen) atoms. The molecule has 0 spiro atoms. The first kappa shape index (κ1) is 6.59. The molecule has 0 unspecified atom stereocenters. The molecule has 0 amide bonds. The summed E-state index contributed by atoms with van der Waals surface area (Å²) in [5.41, 5.74) is 0.746. The standard InChI is InChI=1S/C7H6ClO/c8-7-4-2-1-3-6(7)5-9/h1,3-4,9H,5H2. The van der Waals surface area contributed by atoms with Crippen LogP contribution in [-0.2, 0) is 6.61 Å². The number of halogens is 1. The Hall–Kier alpha value is -0.530. The molecule has 1 aromatic rings. The maximum atomic E-state index is 8.62. The Morgan fingerprint density at radius 2 is 2.44 bits per heavy atom. The number of benzene rings is 1. The van der Waals surface area contributed by atoms with Gasteiger partial charge in [0.25, 0.3) is 0 Å². The fourth-order valence-electron chi connectivity index (χ4n) is 0.571. The highest BCUT2D eigenvalue weighted by Gasteiger charge is 1.93. The Morgan fingerprint density at radius 3 is 2.89 bits per heavy atom. The summed E-state index contributed by atoms with van der Waals surface area (Å²) in [6, 6.07) is 7.88. The molecule has 1 nitrogen and oxygen atoms in total. The van der Waals surface area contributed by atoms with Gasteiger partial charge in [-0.1, -0.05) is 23.7 Å². The first-order valence-corrected chi connectivity index (χ1v) is 2.97. The monoisotopic (exact) mass is 141 g/mol. The Kier molecular flexibility index (Phi) is 2.09. The van der Waals surface area contributed by atoms with E-state index in [1.54, 1.807) is 18.2 Å². The minimum absolute atomic E-state index is 0.00644. The van der Waals surface area contributed by atoms with Crippen LogP contribution >= 0.6 is 11.6 Å². The van der Waals surface area contributed by atoms with Crippen molar-refractivity contribution in [2.24, 2.45) is 0 Å². The van der Waals surface area contributed by atoms with E-state index in [1.807, 2.05) is 0 Å². The number of aliphatic hydroxyl groups excluding tert-OH is 1. The Bertz CT molecular complexity index is 198. The van der Waals surface area contributed by atoms with Gasteiger partial charge in [-0.15, -0.1) is 0 Å². The van der Waals surface area contributed by atoms with E-state index in [2.05, 4.69) is 6.07 Å². The van der Waals surface area contributed by atoms with E-state index in [9.17, 15) is 0 Å². The SMILES string of the molecule is OCc1cc[c]cc1Cl. The Labute approximate surface area is 58.9 Å². The van der Waals surface area contributed by atoms with Gasteiger partial charge in [0.05, 0.1) is 6.61 Å². The van der Waals surface area contributed by atoms with Crippen molar-refractivity contribution < 1.29 is 5.11 Å². The van der Waals surface area contributed by atoms with Crippen molar-refractivity contribution in [2.45, 2.75) is 6.61 Å². The van der Waals surface area contributed by atoms with Gasteiger partial charge in [0, 0.05) is 5.02 Å². The molecule has 0 saturated carbocycles. The van der Waals surface area contributed by atoms with Crippen LogP contribution in [0.1, 0.15) is 5.56 Å². The Balaban J connectivity index is 3.01. The molecule has 1 radical (unpaired) electrons. The van der Waals surface area contributed by atoms with Gasteiger partial charge in [-0.05, 0) is 17.7 Å². The molecule has 0 heterocycles. The summed E-state index contributed by atoms with van der Waals surface area (Å²) >= 11 is 5.63. The molecule has 0 aliphatic heterocycles. The average Bonchev–Trinajstić information content (AvgIpc) is 1.89. The highest BCUT2D eigenvalue weighted by Crippen LogP contribution is 2.13. The van der Waals surface area contributed by atoms with Crippen LogP contribution in [0.5, 0.6) is 0 Å². The quantitative estimate of drug-likeness (QED) is 0.631. The van der Waals surface area contributed by atoms with Gasteiger partial charge in [0.2, 0.25) is 0 Å². The van der Waals surface area contributed by atoms with E-state index in [1.165, 1.54) is 0 Å². The molecule has 0 aliphatic rings. The van der Waals surface area contributed by atoms with Crippen molar-refractivity contribution in [3.63, 3.8) is 0 Å². The summed E-state index contributed by atoms with van der Waals surface area (Å²) in [5.74, 6) is 0. The lowest BCUT2D eigenvalue weighted by Crippen LogP contribution is -1.81. The fourth-order valence-corrected chi connectivity index (χ4v) is 0.756. The largest absolute Gasteiger partial charge is 0.392 e. The van der Waals surface area contributed by atoms with Crippen LogP contribution in [0.3, 0.4) is 0 Å². The van der Waals surface area contributed by atoms with Crippen molar-refractivity contribution in [1.82, 2.24) is 0 Å². The molecule has 0 fully saturated rings. The lowest BCUT2D eigenvalue weighted by molar-refractivity contribution is 0.282. The highest BCUT2D eigenvalue weighted by atomic mass is 35.5. The van der Waals surface area contributed by atoms with Gasteiger partial charge in [0.15, 0.2) is 0 Å². The first-order valence-electron chi connectivity index (χ1n) is 2.60. The van der Waals surface area contributed by atoms with Crippen molar-refractivity contribution in [3.05, 3.63) is 34.9 Å². The van der Waals surface area contributed by atoms with E-state index >= 15 is 0 Å². The van der Waals surface area contributed by atoms with Gasteiger partial charge >= 0.3 is 0 Å². The van der Waals surface area contributed by atoms with E-state index in [0.29, 0.717) is 5.02 Å². The smallest absolute Gasteiger partial charge is 0.0696 e. The van der Waals surface area contributed by atoms with Gasteiger partial charge in [0.1, 0.15) is 0 Å². The second-order valence-corrected chi connectivity index (χ2v) is 2.08. The molecular weight excluding hydrogens is 136 g/mol. The lowest BCUT2D eigenvalue weighted by atomic mass is 10.2. The lowest BCUT2D eigenvalue weighted by Gasteiger charge is -1.95. The molecule has 0 atom stereocenters. The van der Waals surface area contributed by atoms with Crippen LogP contribution in [0.25, 0.3) is 0 Å². The van der Waals surface area contributed by atoms with Crippen LogP contribution in [-0.4, -0.2) is 5.11 Å². The van der Waals surface area contributed by atoms with Crippen LogP contribution in [0.4, 0.5) is 0 Å². The van der Waals surface area contributed by atoms with Gasteiger partial charge in [-0.3, -0.25) is 0 Å². The molecule has 0 aliphatic carbocycles. The van der Waals surface area contributed by atoms with E-state index in [0.717, 1.165) is 5.56 Å². The minimum Gasteiger partial charge on any atom is -0.392 e.